The summed E-state index contributed by atoms with van der Waals surface area (Å²) in [5, 5.41) is 11.9. The minimum atomic E-state index is -3.57. The Kier molecular flexibility index (Phi) is 6.35. The van der Waals surface area contributed by atoms with E-state index in [-0.39, 0.29) is 11.6 Å². The lowest BCUT2D eigenvalue weighted by Gasteiger charge is -2.25. The molecule has 0 saturated carbocycles. The summed E-state index contributed by atoms with van der Waals surface area (Å²) in [6.07, 6.45) is 0. The average Bonchev–Trinajstić information content (AvgIpc) is 2.54. The Bertz CT molecular complexity index is 750. The quantitative estimate of drug-likeness (QED) is 0.730. The number of anilines is 1. The second kappa shape index (κ2) is 7.90. The number of halogens is 2. The van der Waals surface area contributed by atoms with Gasteiger partial charge in [0.25, 0.3) is 7.37 Å². The topological polar surface area (TPSA) is 49.8 Å². The van der Waals surface area contributed by atoms with E-state index < -0.39 is 13.2 Å². The predicted molar refractivity (Wildman–Crippen MR) is 101 cm³/mol. The number of benzene rings is 2. The Morgan fingerprint density at radius 2 is 1.79 bits per heavy atom. The summed E-state index contributed by atoms with van der Waals surface area (Å²) in [4.78, 5) is 1.93. The van der Waals surface area contributed by atoms with Gasteiger partial charge in [-0.25, -0.2) is 0 Å². The fourth-order valence-corrected chi connectivity index (χ4v) is 5.03. The second-order valence-electron chi connectivity index (χ2n) is 5.47. The molecule has 0 amide bonds. The van der Waals surface area contributed by atoms with Crippen molar-refractivity contribution in [1.29, 1.82) is 0 Å². The van der Waals surface area contributed by atoms with Gasteiger partial charge in [-0.15, -0.1) is 0 Å². The van der Waals surface area contributed by atoms with Gasteiger partial charge in [-0.1, -0.05) is 29.3 Å². The molecule has 0 aliphatic carbocycles. The van der Waals surface area contributed by atoms with Crippen LogP contribution < -0.4 is 10.2 Å². The standard InChI is InChI=1S/C17H20Cl2NO3P/c1-4-23-24(22,14-8-6-13(7-9-14)20(2)3)17(21)15-10-5-12(18)11-16(15)19/h5-11,17,21H,4H2,1-3H3/t17-,24+/m0/s1. The van der Waals surface area contributed by atoms with E-state index in [1.165, 1.54) is 6.07 Å². The van der Waals surface area contributed by atoms with Crippen LogP contribution in [0.1, 0.15) is 18.3 Å². The molecular formula is C17H20Cl2NO3P. The van der Waals surface area contributed by atoms with Gasteiger partial charge in [-0.05, 0) is 43.3 Å². The fourth-order valence-electron chi connectivity index (χ4n) is 2.33. The molecule has 1 N–H and O–H groups in total. The molecule has 0 radical (unpaired) electrons. The van der Waals surface area contributed by atoms with Crippen LogP contribution in [0.25, 0.3) is 0 Å². The maximum absolute atomic E-state index is 13.5. The van der Waals surface area contributed by atoms with Crippen LogP contribution >= 0.6 is 30.6 Å². The Balaban J connectivity index is 2.47. The van der Waals surface area contributed by atoms with Crippen LogP contribution in [0.4, 0.5) is 5.69 Å². The summed E-state index contributed by atoms with van der Waals surface area (Å²) in [5.74, 6) is -1.37. The molecule has 7 heteroatoms. The maximum atomic E-state index is 13.5. The van der Waals surface area contributed by atoms with Gasteiger partial charge in [0, 0.05) is 40.7 Å². The van der Waals surface area contributed by atoms with Gasteiger partial charge in [0.15, 0.2) is 5.85 Å². The van der Waals surface area contributed by atoms with Crippen LogP contribution in [-0.2, 0) is 9.09 Å². The van der Waals surface area contributed by atoms with Gasteiger partial charge in [0.2, 0.25) is 0 Å². The largest absolute Gasteiger partial charge is 0.378 e. The lowest BCUT2D eigenvalue weighted by atomic mass is 10.2. The molecule has 0 aromatic heterocycles. The van der Waals surface area contributed by atoms with E-state index in [0.29, 0.717) is 15.9 Å². The number of rotatable bonds is 6. The Morgan fingerprint density at radius 1 is 1.17 bits per heavy atom. The number of hydrogen-bond acceptors (Lipinski definition) is 4. The normalized spacial score (nSPS) is 14.9. The lowest BCUT2D eigenvalue weighted by molar-refractivity contribution is 0.218. The molecule has 2 aromatic rings. The molecule has 2 atom stereocenters. The zero-order chi connectivity index (χ0) is 17.9. The van der Waals surface area contributed by atoms with Gasteiger partial charge in [-0.3, -0.25) is 4.57 Å². The second-order valence-corrected chi connectivity index (χ2v) is 8.77. The molecule has 4 nitrogen and oxygen atoms in total. The molecule has 0 heterocycles. The summed E-state index contributed by atoms with van der Waals surface area (Å²) >= 11 is 12.0. The number of nitrogens with zero attached hydrogens (tertiary/aromatic N) is 1. The Morgan fingerprint density at radius 3 is 2.29 bits per heavy atom. The lowest BCUT2D eigenvalue weighted by Crippen LogP contribution is -2.16. The van der Waals surface area contributed by atoms with E-state index in [1.54, 1.807) is 31.2 Å². The first-order chi connectivity index (χ1) is 11.3. The monoisotopic (exact) mass is 387 g/mol. The molecule has 0 bridgehead atoms. The SMILES string of the molecule is CCO[P@](=O)(c1ccc(N(C)C)cc1)[C@H](O)c1ccc(Cl)cc1Cl. The molecule has 0 saturated heterocycles. The van der Waals surface area contributed by atoms with Crippen molar-refractivity contribution in [2.45, 2.75) is 12.8 Å². The smallest absolute Gasteiger partial charge is 0.264 e. The molecule has 0 spiro atoms. The highest BCUT2D eigenvalue weighted by Gasteiger charge is 2.37. The fraction of sp³-hybridized carbons (Fsp3) is 0.294. The Labute approximate surface area is 152 Å². The van der Waals surface area contributed by atoms with Gasteiger partial charge in [0.05, 0.1) is 6.61 Å². The van der Waals surface area contributed by atoms with Crippen molar-refractivity contribution >= 4 is 41.6 Å². The van der Waals surface area contributed by atoms with Gasteiger partial charge >= 0.3 is 0 Å². The van der Waals surface area contributed by atoms with Crippen LogP contribution in [0.3, 0.4) is 0 Å². The minimum absolute atomic E-state index is 0.203. The molecular weight excluding hydrogens is 368 g/mol. The van der Waals surface area contributed by atoms with Crippen LogP contribution in [0.15, 0.2) is 42.5 Å². The molecule has 0 fully saturated rings. The van der Waals surface area contributed by atoms with Crippen molar-refractivity contribution < 1.29 is 14.2 Å². The molecule has 130 valence electrons. The highest BCUT2D eigenvalue weighted by Crippen LogP contribution is 2.58. The van der Waals surface area contributed by atoms with E-state index in [2.05, 4.69) is 0 Å². The molecule has 24 heavy (non-hydrogen) atoms. The molecule has 0 unspecified atom stereocenters. The van der Waals surface area contributed by atoms with Crippen LogP contribution in [-0.4, -0.2) is 25.8 Å². The number of aliphatic hydroxyl groups excluding tert-OH is 1. The molecule has 2 aromatic carbocycles. The highest BCUT2D eigenvalue weighted by atomic mass is 35.5. The first kappa shape index (κ1) is 19.3. The van der Waals surface area contributed by atoms with Crippen molar-refractivity contribution in [1.82, 2.24) is 0 Å². The van der Waals surface area contributed by atoms with E-state index in [0.717, 1.165) is 5.69 Å². The summed E-state index contributed by atoms with van der Waals surface area (Å²) in [6.45, 7) is 1.94. The third-order valence-electron chi connectivity index (χ3n) is 3.61. The third-order valence-corrected chi connectivity index (χ3v) is 6.75. The molecule has 2 rings (SSSR count). The molecule has 0 aliphatic rings. The summed E-state index contributed by atoms with van der Waals surface area (Å²) in [6, 6.07) is 11.7. The van der Waals surface area contributed by atoms with E-state index >= 15 is 0 Å². The van der Waals surface area contributed by atoms with Crippen molar-refractivity contribution in [2.75, 3.05) is 25.6 Å². The zero-order valence-corrected chi connectivity index (χ0v) is 16.1. The summed E-state index contributed by atoms with van der Waals surface area (Å²) < 4.78 is 19.0. The van der Waals surface area contributed by atoms with E-state index in [1.807, 2.05) is 31.1 Å². The van der Waals surface area contributed by atoms with Crippen LogP contribution in [0.2, 0.25) is 10.0 Å². The maximum Gasteiger partial charge on any atom is 0.264 e. The molecule has 0 aliphatic heterocycles. The summed E-state index contributed by atoms with van der Waals surface area (Å²) in [7, 11) is 0.265. The van der Waals surface area contributed by atoms with Crippen molar-refractivity contribution in [2.24, 2.45) is 0 Å². The highest BCUT2D eigenvalue weighted by molar-refractivity contribution is 7.67. The minimum Gasteiger partial charge on any atom is -0.378 e. The first-order valence-corrected chi connectivity index (χ1v) is 9.89. The van der Waals surface area contributed by atoms with Crippen molar-refractivity contribution in [3.63, 3.8) is 0 Å². The van der Waals surface area contributed by atoms with Gasteiger partial charge < -0.3 is 14.5 Å². The Hall–Kier alpha value is -1.03. The number of hydrogen-bond donors (Lipinski definition) is 1. The average molecular weight is 388 g/mol. The third kappa shape index (κ3) is 3.96. The zero-order valence-electron chi connectivity index (χ0n) is 13.7. The van der Waals surface area contributed by atoms with Gasteiger partial charge in [-0.2, -0.15) is 0 Å². The van der Waals surface area contributed by atoms with E-state index in [9.17, 15) is 9.67 Å². The van der Waals surface area contributed by atoms with Crippen LogP contribution in [0, 0.1) is 0 Å². The van der Waals surface area contributed by atoms with Crippen LogP contribution in [0.5, 0.6) is 0 Å². The first-order valence-electron chi connectivity index (χ1n) is 7.45. The van der Waals surface area contributed by atoms with Crippen molar-refractivity contribution in [3.05, 3.63) is 58.1 Å². The van der Waals surface area contributed by atoms with Gasteiger partial charge in [0.1, 0.15) is 0 Å². The summed E-state index contributed by atoms with van der Waals surface area (Å²) in [5.41, 5.74) is 1.29. The van der Waals surface area contributed by atoms with E-state index in [4.69, 9.17) is 27.7 Å². The predicted octanol–water partition coefficient (Wildman–Crippen LogP) is 4.69. The van der Waals surface area contributed by atoms with Crippen molar-refractivity contribution in [3.8, 4) is 0 Å². The number of aliphatic hydroxyl groups is 1.